The van der Waals surface area contributed by atoms with E-state index in [9.17, 15) is 4.79 Å². The summed E-state index contributed by atoms with van der Waals surface area (Å²) in [6.07, 6.45) is 1.25. The number of rotatable bonds is 2. The van der Waals surface area contributed by atoms with Crippen LogP contribution in [-0.2, 0) is 4.79 Å². The Labute approximate surface area is 134 Å². The monoisotopic (exact) mass is 302 g/mol. The van der Waals surface area contributed by atoms with Crippen molar-refractivity contribution in [3.63, 3.8) is 0 Å². The van der Waals surface area contributed by atoms with E-state index in [1.165, 1.54) is 30.0 Å². The van der Waals surface area contributed by atoms with Crippen molar-refractivity contribution in [1.82, 2.24) is 0 Å². The van der Waals surface area contributed by atoms with E-state index in [2.05, 4.69) is 81.9 Å². The Balaban J connectivity index is 0.000000422. The fraction of sp³-hybridized carbons (Fsp3) is 0.316. The molecule has 1 nitrogen and oxygen atoms in total. The summed E-state index contributed by atoms with van der Waals surface area (Å²) in [4.78, 5) is 9.74. The molecule has 0 spiro atoms. The van der Waals surface area contributed by atoms with Gasteiger partial charge in [0, 0.05) is 5.75 Å². The van der Waals surface area contributed by atoms with Crippen LogP contribution >= 0.6 is 12.6 Å². The lowest BCUT2D eigenvalue weighted by atomic mass is 10.0. The van der Waals surface area contributed by atoms with Crippen LogP contribution in [0.4, 0.5) is 0 Å². The molecular weight excluding hydrogens is 276 g/mol. The molecule has 0 aromatic heterocycles. The second-order valence-corrected chi connectivity index (χ2v) is 5.12. The molecule has 2 aromatic rings. The summed E-state index contributed by atoms with van der Waals surface area (Å²) in [7, 11) is 0. The molecule has 0 heterocycles. The Morgan fingerprint density at radius 3 is 1.67 bits per heavy atom. The van der Waals surface area contributed by atoms with Crippen molar-refractivity contribution in [1.29, 1.82) is 0 Å². The van der Waals surface area contributed by atoms with Crippen molar-refractivity contribution in [3.8, 4) is 11.1 Å². The van der Waals surface area contributed by atoms with E-state index in [4.69, 9.17) is 0 Å². The van der Waals surface area contributed by atoms with Gasteiger partial charge >= 0.3 is 0 Å². The first-order valence-electron chi connectivity index (χ1n) is 7.27. The van der Waals surface area contributed by atoms with E-state index in [1.54, 1.807) is 0 Å². The van der Waals surface area contributed by atoms with E-state index in [-0.39, 0.29) is 5.78 Å². The lowest BCUT2D eigenvalue weighted by Crippen LogP contribution is -1.86. The highest BCUT2D eigenvalue weighted by atomic mass is 32.1. The number of carbonyl (C=O) groups excluding carboxylic acids is 1. The van der Waals surface area contributed by atoms with Crippen molar-refractivity contribution in [2.45, 2.75) is 34.1 Å². The zero-order valence-electron chi connectivity index (χ0n) is 13.5. The van der Waals surface area contributed by atoms with E-state index in [1.807, 2.05) is 6.07 Å². The average Bonchev–Trinajstić information content (AvgIpc) is 2.50. The maximum absolute atomic E-state index is 9.74. The molecule has 0 saturated carbocycles. The van der Waals surface area contributed by atoms with Crippen LogP contribution in [0, 0.1) is 6.92 Å². The van der Waals surface area contributed by atoms with Gasteiger partial charge in [0.25, 0.3) is 0 Å². The minimum atomic E-state index is 0.119. The minimum absolute atomic E-state index is 0.119. The molecule has 2 aromatic carbocycles. The number of hydrogen-bond donors (Lipinski definition) is 1. The third kappa shape index (κ3) is 9.91. The van der Waals surface area contributed by atoms with Crippen LogP contribution in [0.5, 0.6) is 0 Å². The molecular formula is C19H26OS. The second-order valence-electron chi connectivity index (χ2n) is 4.80. The molecule has 0 aliphatic heterocycles. The molecule has 0 N–H and O–H groups in total. The molecule has 21 heavy (non-hydrogen) atoms. The standard InChI is InChI=1S/C13H12.C3H6OS.C3H8/c1-11-7-9-13(10-8-11)12-5-3-2-4-6-12;1-3(4)2-5;1-3-2/h2-10H,1H3;5H,2H2,1H3;3H2,1-2H3. The zero-order chi connectivity index (χ0) is 16.1. The summed E-state index contributed by atoms with van der Waals surface area (Å²) in [5.74, 6) is 0.480. The van der Waals surface area contributed by atoms with Gasteiger partial charge in [0.2, 0.25) is 0 Å². The van der Waals surface area contributed by atoms with Crippen molar-refractivity contribution in [3.05, 3.63) is 60.2 Å². The number of carbonyl (C=O) groups is 1. The van der Waals surface area contributed by atoms with Crippen LogP contribution < -0.4 is 0 Å². The summed E-state index contributed by atoms with van der Waals surface area (Å²) in [5, 5.41) is 0. The first-order chi connectivity index (χ1) is 10.0. The third-order valence-electron chi connectivity index (χ3n) is 2.38. The molecule has 2 heteroatoms. The van der Waals surface area contributed by atoms with Crippen molar-refractivity contribution in [2.24, 2.45) is 0 Å². The molecule has 0 bridgehead atoms. The largest absolute Gasteiger partial charge is 0.299 e. The van der Waals surface area contributed by atoms with Gasteiger partial charge in [-0.1, -0.05) is 80.4 Å². The molecule has 0 aliphatic rings. The Hall–Kier alpha value is -1.54. The van der Waals surface area contributed by atoms with E-state index in [0.717, 1.165) is 0 Å². The quantitative estimate of drug-likeness (QED) is 0.716. The van der Waals surface area contributed by atoms with E-state index >= 15 is 0 Å². The third-order valence-corrected chi connectivity index (χ3v) is 2.83. The van der Waals surface area contributed by atoms with Gasteiger partial charge in [0.05, 0.1) is 0 Å². The molecule has 114 valence electrons. The number of thiol groups is 1. The Kier molecular flexibility index (Phi) is 11.3. The Bertz CT molecular complexity index is 489. The number of hydrogen-bond acceptors (Lipinski definition) is 2. The Morgan fingerprint density at radius 2 is 1.29 bits per heavy atom. The van der Waals surface area contributed by atoms with Crippen LogP contribution in [0.2, 0.25) is 0 Å². The van der Waals surface area contributed by atoms with Crippen LogP contribution in [0.15, 0.2) is 54.6 Å². The van der Waals surface area contributed by atoms with Gasteiger partial charge in [-0.15, -0.1) is 0 Å². The highest BCUT2D eigenvalue weighted by Crippen LogP contribution is 2.18. The summed E-state index contributed by atoms with van der Waals surface area (Å²) in [6, 6.07) is 19.0. The summed E-state index contributed by atoms with van der Waals surface area (Å²) < 4.78 is 0. The normalized spacial score (nSPS) is 8.81. The van der Waals surface area contributed by atoms with Gasteiger partial charge < -0.3 is 0 Å². The minimum Gasteiger partial charge on any atom is -0.299 e. The van der Waals surface area contributed by atoms with Crippen LogP contribution in [0.25, 0.3) is 11.1 Å². The smallest absolute Gasteiger partial charge is 0.139 e. The van der Waals surface area contributed by atoms with Crippen LogP contribution in [0.1, 0.15) is 32.8 Å². The molecule has 0 radical (unpaired) electrons. The fourth-order valence-corrected chi connectivity index (χ4v) is 1.38. The number of Topliss-reactive ketones (excluding diaryl/α,β-unsaturated/α-hetero) is 1. The second kappa shape index (κ2) is 12.2. The molecule has 0 atom stereocenters. The Morgan fingerprint density at radius 1 is 0.905 bits per heavy atom. The maximum atomic E-state index is 9.74. The first kappa shape index (κ1) is 19.5. The van der Waals surface area contributed by atoms with Crippen molar-refractivity contribution < 1.29 is 4.79 Å². The SMILES string of the molecule is CC(=O)CS.CCC.Cc1ccc(-c2ccccc2)cc1. The average molecular weight is 302 g/mol. The lowest BCUT2D eigenvalue weighted by Gasteiger charge is -2.00. The zero-order valence-corrected chi connectivity index (χ0v) is 14.4. The summed E-state index contributed by atoms with van der Waals surface area (Å²) in [5.41, 5.74) is 3.87. The van der Waals surface area contributed by atoms with Gasteiger partial charge in [-0.3, -0.25) is 4.79 Å². The highest BCUT2D eigenvalue weighted by molar-refractivity contribution is 7.81. The van der Waals surface area contributed by atoms with Crippen molar-refractivity contribution >= 4 is 18.4 Å². The number of aryl methyl sites for hydroxylation is 1. The summed E-state index contributed by atoms with van der Waals surface area (Å²) in [6.45, 7) is 7.86. The molecule has 0 aliphatic carbocycles. The predicted octanol–water partition coefficient (Wildman–Crippen LogP) is 5.58. The fourth-order valence-electron chi connectivity index (χ4n) is 1.38. The molecule has 0 unspecified atom stereocenters. The van der Waals surface area contributed by atoms with Gasteiger partial charge in [0.1, 0.15) is 5.78 Å². The van der Waals surface area contributed by atoms with Gasteiger partial charge in [-0.05, 0) is 25.0 Å². The number of benzene rings is 2. The number of ketones is 1. The van der Waals surface area contributed by atoms with E-state index in [0.29, 0.717) is 5.75 Å². The molecule has 0 amide bonds. The molecule has 0 fully saturated rings. The van der Waals surface area contributed by atoms with Gasteiger partial charge in [-0.2, -0.15) is 12.6 Å². The molecule has 2 rings (SSSR count). The van der Waals surface area contributed by atoms with Gasteiger partial charge in [0.15, 0.2) is 0 Å². The van der Waals surface area contributed by atoms with Gasteiger partial charge in [-0.25, -0.2) is 0 Å². The van der Waals surface area contributed by atoms with E-state index < -0.39 is 0 Å². The first-order valence-corrected chi connectivity index (χ1v) is 7.90. The maximum Gasteiger partial charge on any atom is 0.139 e. The lowest BCUT2D eigenvalue weighted by molar-refractivity contribution is -0.114. The topological polar surface area (TPSA) is 17.1 Å². The van der Waals surface area contributed by atoms with Crippen molar-refractivity contribution in [2.75, 3.05) is 5.75 Å². The highest BCUT2D eigenvalue weighted by Gasteiger charge is 1.93. The van der Waals surface area contributed by atoms with Crippen LogP contribution in [0.3, 0.4) is 0 Å². The summed E-state index contributed by atoms with van der Waals surface area (Å²) >= 11 is 3.67. The predicted molar refractivity (Wildman–Crippen MR) is 97.1 cm³/mol. The molecule has 0 saturated heterocycles. The van der Waals surface area contributed by atoms with Crippen LogP contribution in [-0.4, -0.2) is 11.5 Å².